The highest BCUT2D eigenvalue weighted by atomic mass is 32.1. The zero-order chi connectivity index (χ0) is 13.6. The van der Waals surface area contributed by atoms with Crippen molar-refractivity contribution in [3.05, 3.63) is 45.1 Å². The molecule has 5 heteroatoms. The summed E-state index contributed by atoms with van der Waals surface area (Å²) < 4.78 is 0. The van der Waals surface area contributed by atoms with Crippen molar-refractivity contribution in [2.45, 2.75) is 13.8 Å². The number of thiophene rings is 1. The molecule has 4 nitrogen and oxygen atoms in total. The molecule has 0 atom stereocenters. The van der Waals surface area contributed by atoms with E-state index >= 15 is 0 Å². The van der Waals surface area contributed by atoms with Crippen molar-refractivity contribution in [3.8, 4) is 17.1 Å². The number of aromatic nitrogens is 2. The third-order valence-electron chi connectivity index (χ3n) is 3.16. The molecule has 2 aromatic heterocycles. The van der Waals surface area contributed by atoms with Gasteiger partial charge in [-0.25, -0.2) is 4.98 Å². The fourth-order valence-corrected chi connectivity index (χ4v) is 3.07. The Kier molecular flexibility index (Phi) is 2.64. The van der Waals surface area contributed by atoms with Gasteiger partial charge in [-0.2, -0.15) is 0 Å². The first-order valence-electron chi connectivity index (χ1n) is 5.85. The van der Waals surface area contributed by atoms with Crippen molar-refractivity contribution in [1.29, 1.82) is 0 Å². The Morgan fingerprint density at radius 2 is 2.11 bits per heavy atom. The van der Waals surface area contributed by atoms with Crippen LogP contribution in [-0.2, 0) is 0 Å². The molecule has 2 heterocycles. The number of aromatic amines is 1. The van der Waals surface area contributed by atoms with Gasteiger partial charge in [0.15, 0.2) is 0 Å². The number of rotatable bonds is 1. The van der Waals surface area contributed by atoms with E-state index in [2.05, 4.69) is 9.97 Å². The van der Waals surface area contributed by atoms with Crippen LogP contribution in [0.3, 0.4) is 0 Å². The Balaban J connectivity index is 2.30. The van der Waals surface area contributed by atoms with Gasteiger partial charge in [-0.15, -0.1) is 11.3 Å². The lowest BCUT2D eigenvalue weighted by atomic mass is 10.2. The van der Waals surface area contributed by atoms with Gasteiger partial charge in [0.2, 0.25) is 0 Å². The maximum Gasteiger partial charge on any atom is 0.260 e. The zero-order valence-electron chi connectivity index (χ0n) is 10.5. The highest BCUT2D eigenvalue weighted by Gasteiger charge is 2.12. The van der Waals surface area contributed by atoms with E-state index in [0.717, 1.165) is 15.3 Å². The van der Waals surface area contributed by atoms with E-state index in [1.165, 1.54) is 11.3 Å². The second-order valence-corrected chi connectivity index (χ2v) is 5.63. The van der Waals surface area contributed by atoms with Crippen LogP contribution in [-0.4, -0.2) is 15.1 Å². The number of hydrogen-bond acceptors (Lipinski definition) is 4. The number of nitrogens with one attached hydrogen (secondary N) is 1. The summed E-state index contributed by atoms with van der Waals surface area (Å²) in [4.78, 5) is 21.2. The molecule has 0 fully saturated rings. The number of nitrogens with zero attached hydrogens (tertiary/aromatic N) is 1. The predicted octanol–water partition coefficient (Wildman–Crippen LogP) is 2.97. The Labute approximate surface area is 113 Å². The van der Waals surface area contributed by atoms with Crippen LogP contribution in [0, 0.1) is 13.8 Å². The molecule has 0 radical (unpaired) electrons. The number of phenolic OH excluding ortho intramolecular Hbond substituents is 1. The lowest BCUT2D eigenvalue weighted by Crippen LogP contribution is -2.09. The summed E-state index contributed by atoms with van der Waals surface area (Å²) in [6, 6.07) is 6.69. The molecule has 0 aliphatic heterocycles. The van der Waals surface area contributed by atoms with E-state index in [9.17, 15) is 9.90 Å². The Morgan fingerprint density at radius 3 is 2.84 bits per heavy atom. The van der Waals surface area contributed by atoms with Crippen molar-refractivity contribution in [2.24, 2.45) is 0 Å². The summed E-state index contributed by atoms with van der Waals surface area (Å²) in [5, 5.41) is 10.1. The molecule has 0 aliphatic rings. The van der Waals surface area contributed by atoms with Crippen molar-refractivity contribution in [1.82, 2.24) is 9.97 Å². The molecule has 3 aromatic rings. The van der Waals surface area contributed by atoms with Crippen LogP contribution < -0.4 is 5.56 Å². The van der Waals surface area contributed by atoms with E-state index in [-0.39, 0.29) is 11.3 Å². The molecular weight excluding hydrogens is 260 g/mol. The molecule has 96 valence electrons. The van der Waals surface area contributed by atoms with E-state index in [4.69, 9.17) is 0 Å². The second kappa shape index (κ2) is 4.20. The van der Waals surface area contributed by atoms with Gasteiger partial charge in [0, 0.05) is 10.4 Å². The van der Waals surface area contributed by atoms with Gasteiger partial charge in [-0.05, 0) is 31.5 Å². The maximum absolute atomic E-state index is 12.1. The zero-order valence-corrected chi connectivity index (χ0v) is 11.3. The highest BCUT2D eigenvalue weighted by molar-refractivity contribution is 7.18. The molecule has 0 spiro atoms. The molecule has 0 aliphatic carbocycles. The smallest absolute Gasteiger partial charge is 0.260 e. The number of aryl methyl sites for hydroxylation is 2. The summed E-state index contributed by atoms with van der Waals surface area (Å²) >= 11 is 1.51. The summed E-state index contributed by atoms with van der Waals surface area (Å²) in [6.45, 7) is 3.91. The Morgan fingerprint density at radius 1 is 1.32 bits per heavy atom. The quantitative estimate of drug-likeness (QED) is 0.715. The lowest BCUT2D eigenvalue weighted by Gasteiger charge is -2.01. The fraction of sp³-hybridized carbons (Fsp3) is 0.143. The van der Waals surface area contributed by atoms with Gasteiger partial charge in [-0.1, -0.05) is 12.1 Å². The van der Waals surface area contributed by atoms with Crippen LogP contribution in [0.2, 0.25) is 0 Å². The fourth-order valence-electron chi connectivity index (χ4n) is 2.04. The first kappa shape index (κ1) is 11.9. The Hall–Kier alpha value is -2.14. The van der Waals surface area contributed by atoms with Crippen LogP contribution in [0.4, 0.5) is 0 Å². The molecule has 0 amide bonds. The second-order valence-electron chi connectivity index (χ2n) is 4.43. The number of hydrogen-bond donors (Lipinski definition) is 2. The van der Waals surface area contributed by atoms with E-state index < -0.39 is 0 Å². The minimum absolute atomic E-state index is 0.134. The van der Waals surface area contributed by atoms with Crippen LogP contribution in [0.25, 0.3) is 21.6 Å². The third kappa shape index (κ3) is 1.92. The summed E-state index contributed by atoms with van der Waals surface area (Å²) in [5.41, 5.74) is 1.55. The number of phenols is 1. The Bertz CT molecular complexity index is 833. The number of H-pyrrole nitrogens is 1. The minimum atomic E-state index is -0.134. The molecule has 0 bridgehead atoms. The van der Waals surface area contributed by atoms with Gasteiger partial charge in [-0.3, -0.25) is 4.79 Å². The van der Waals surface area contributed by atoms with E-state index in [1.807, 2.05) is 13.8 Å². The molecular formula is C14H12N2O2S. The van der Waals surface area contributed by atoms with Gasteiger partial charge < -0.3 is 10.1 Å². The average Bonchev–Trinajstić information content (AvgIpc) is 2.65. The average molecular weight is 272 g/mol. The topological polar surface area (TPSA) is 66.0 Å². The van der Waals surface area contributed by atoms with Crippen LogP contribution in [0.5, 0.6) is 5.75 Å². The number of benzene rings is 1. The van der Waals surface area contributed by atoms with Crippen molar-refractivity contribution < 1.29 is 5.11 Å². The number of fused-ring (bicyclic) bond motifs is 1. The molecule has 0 saturated carbocycles. The molecule has 0 unspecified atom stereocenters. The first-order chi connectivity index (χ1) is 9.06. The van der Waals surface area contributed by atoms with Gasteiger partial charge in [0.05, 0.1) is 5.39 Å². The van der Waals surface area contributed by atoms with Crippen molar-refractivity contribution in [3.63, 3.8) is 0 Å². The van der Waals surface area contributed by atoms with Gasteiger partial charge in [0.1, 0.15) is 16.4 Å². The maximum atomic E-state index is 12.1. The summed E-state index contributed by atoms with van der Waals surface area (Å²) in [6.07, 6.45) is 0. The van der Waals surface area contributed by atoms with Gasteiger partial charge >= 0.3 is 0 Å². The molecule has 2 N–H and O–H groups in total. The standard InChI is InChI=1S/C14H12N2O2S/c1-7-8(2)19-14-11(7)13(18)15-12(16-14)9-4-3-5-10(17)6-9/h3-6,17H,1-2H3,(H,15,16,18). The van der Waals surface area contributed by atoms with Crippen LogP contribution in [0.1, 0.15) is 10.4 Å². The SMILES string of the molecule is Cc1sc2nc(-c3cccc(O)c3)[nH]c(=O)c2c1C. The largest absolute Gasteiger partial charge is 0.508 e. The number of aromatic hydroxyl groups is 1. The van der Waals surface area contributed by atoms with Gasteiger partial charge in [0.25, 0.3) is 5.56 Å². The molecule has 0 saturated heterocycles. The molecule has 1 aromatic carbocycles. The summed E-state index contributed by atoms with van der Waals surface area (Å²) in [7, 11) is 0. The van der Waals surface area contributed by atoms with Crippen molar-refractivity contribution >= 4 is 21.6 Å². The summed E-state index contributed by atoms with van der Waals surface area (Å²) in [5.74, 6) is 0.633. The third-order valence-corrected chi connectivity index (χ3v) is 4.26. The van der Waals surface area contributed by atoms with E-state index in [1.54, 1.807) is 24.3 Å². The molecule has 3 rings (SSSR count). The monoisotopic (exact) mass is 272 g/mol. The lowest BCUT2D eigenvalue weighted by molar-refractivity contribution is 0.475. The highest BCUT2D eigenvalue weighted by Crippen LogP contribution is 2.28. The molecule has 19 heavy (non-hydrogen) atoms. The van der Waals surface area contributed by atoms with Crippen molar-refractivity contribution in [2.75, 3.05) is 0 Å². The van der Waals surface area contributed by atoms with Crippen LogP contribution in [0.15, 0.2) is 29.1 Å². The predicted molar refractivity (Wildman–Crippen MR) is 76.8 cm³/mol. The minimum Gasteiger partial charge on any atom is -0.508 e. The van der Waals surface area contributed by atoms with Crippen LogP contribution >= 0.6 is 11.3 Å². The first-order valence-corrected chi connectivity index (χ1v) is 6.67. The normalized spacial score (nSPS) is 11.1. The van der Waals surface area contributed by atoms with E-state index in [0.29, 0.717) is 16.8 Å².